The summed E-state index contributed by atoms with van der Waals surface area (Å²) in [6, 6.07) is 2.20. The summed E-state index contributed by atoms with van der Waals surface area (Å²) in [5, 5.41) is 9.18. The molecule has 0 aromatic heterocycles. The minimum absolute atomic E-state index is 0.00847. The zero-order valence-electron chi connectivity index (χ0n) is 11.0. The van der Waals surface area contributed by atoms with Crippen molar-refractivity contribution >= 4 is 5.78 Å². The summed E-state index contributed by atoms with van der Waals surface area (Å²) >= 11 is 0. The Morgan fingerprint density at radius 2 is 2.24 bits per heavy atom. The fourth-order valence-electron chi connectivity index (χ4n) is 3.80. The van der Waals surface area contributed by atoms with E-state index in [9.17, 15) is 10.1 Å². The van der Waals surface area contributed by atoms with Crippen LogP contribution in [0.25, 0.3) is 0 Å². The van der Waals surface area contributed by atoms with Crippen LogP contribution >= 0.6 is 0 Å². The molecule has 2 fully saturated rings. The first kappa shape index (κ1) is 12.6. The molecule has 0 amide bonds. The van der Waals surface area contributed by atoms with Gasteiger partial charge in [0.25, 0.3) is 0 Å². The lowest BCUT2D eigenvalue weighted by atomic mass is 9.54. The smallest absolute Gasteiger partial charge is 0.158 e. The summed E-state index contributed by atoms with van der Waals surface area (Å²) in [5.74, 6) is -0.376. The van der Waals surface area contributed by atoms with E-state index in [1.54, 1.807) is 0 Å². The molecule has 3 atom stereocenters. The molecule has 1 aliphatic heterocycles. The second kappa shape index (κ2) is 4.10. The number of carbonyl (C=O) groups excluding carboxylic acids is 1. The van der Waals surface area contributed by atoms with Crippen molar-refractivity contribution in [3.8, 4) is 6.07 Å². The summed E-state index contributed by atoms with van der Waals surface area (Å²) < 4.78 is 5.92. The maximum absolute atomic E-state index is 12.3. The number of hydrogen-bond acceptors (Lipinski definition) is 3. The second-order valence-electron chi connectivity index (χ2n) is 6.04. The Balaban J connectivity index is 2.42. The van der Waals surface area contributed by atoms with Crippen molar-refractivity contribution in [2.24, 2.45) is 16.7 Å². The molecular formula is C14H21NO2. The highest BCUT2D eigenvalue weighted by atomic mass is 16.5. The molecular weight excluding hydrogens is 214 g/mol. The van der Waals surface area contributed by atoms with E-state index in [4.69, 9.17) is 4.74 Å². The van der Waals surface area contributed by atoms with E-state index in [0.717, 1.165) is 25.9 Å². The highest BCUT2D eigenvalue weighted by Crippen LogP contribution is 2.54. The van der Waals surface area contributed by atoms with Gasteiger partial charge in [-0.3, -0.25) is 4.79 Å². The number of carbonyl (C=O) groups is 1. The molecule has 0 bridgehead atoms. The first-order valence-electron chi connectivity index (χ1n) is 6.53. The van der Waals surface area contributed by atoms with E-state index < -0.39 is 11.3 Å². The Morgan fingerprint density at radius 3 is 2.82 bits per heavy atom. The summed E-state index contributed by atoms with van der Waals surface area (Å²) in [5.41, 5.74) is -0.481. The Bertz CT molecular complexity index is 369. The molecule has 1 saturated heterocycles. The van der Waals surface area contributed by atoms with Crippen molar-refractivity contribution in [3.05, 3.63) is 0 Å². The molecule has 2 unspecified atom stereocenters. The van der Waals surface area contributed by atoms with E-state index in [1.165, 1.54) is 0 Å². The maximum atomic E-state index is 12.3. The van der Waals surface area contributed by atoms with Gasteiger partial charge in [-0.2, -0.15) is 5.26 Å². The molecule has 17 heavy (non-hydrogen) atoms. The Morgan fingerprint density at radius 1 is 1.53 bits per heavy atom. The van der Waals surface area contributed by atoms with Gasteiger partial charge in [0.1, 0.15) is 5.92 Å². The van der Waals surface area contributed by atoms with Gasteiger partial charge in [-0.15, -0.1) is 0 Å². The van der Waals surface area contributed by atoms with Crippen molar-refractivity contribution in [2.45, 2.75) is 52.6 Å². The van der Waals surface area contributed by atoms with Gasteiger partial charge in [0.05, 0.1) is 17.6 Å². The van der Waals surface area contributed by atoms with Gasteiger partial charge < -0.3 is 4.74 Å². The third-order valence-electron chi connectivity index (χ3n) is 4.74. The molecule has 0 aromatic rings. The number of rotatable bonds is 1. The Kier molecular flexibility index (Phi) is 3.03. The standard InChI is InChI=1S/C14H21NO2/c1-4-14-6-5-7-17-12(14)13(2,3)11(16)10(8-14)9-15/h10,12H,4-8H2,1-3H3/t10?,12-,14?/m0/s1. The molecule has 1 saturated carbocycles. The highest BCUT2D eigenvalue weighted by Gasteiger charge is 2.57. The minimum atomic E-state index is -0.519. The van der Waals surface area contributed by atoms with Gasteiger partial charge >= 0.3 is 0 Å². The molecule has 0 aromatic carbocycles. The molecule has 0 N–H and O–H groups in total. The normalized spacial score (nSPS) is 40.5. The monoisotopic (exact) mass is 235 g/mol. The van der Waals surface area contributed by atoms with Crippen LogP contribution < -0.4 is 0 Å². The molecule has 3 heteroatoms. The zero-order valence-corrected chi connectivity index (χ0v) is 11.0. The van der Waals surface area contributed by atoms with Crippen LogP contribution in [0.2, 0.25) is 0 Å². The van der Waals surface area contributed by atoms with E-state index in [1.807, 2.05) is 13.8 Å². The van der Waals surface area contributed by atoms with Crippen molar-refractivity contribution in [1.82, 2.24) is 0 Å². The average Bonchev–Trinajstić information content (AvgIpc) is 2.34. The number of fused-ring (bicyclic) bond motifs is 1. The third kappa shape index (κ3) is 1.70. The van der Waals surface area contributed by atoms with Crippen LogP contribution in [-0.4, -0.2) is 18.5 Å². The van der Waals surface area contributed by atoms with Crippen LogP contribution in [0.15, 0.2) is 0 Å². The van der Waals surface area contributed by atoms with Gasteiger partial charge in [0, 0.05) is 6.61 Å². The van der Waals surface area contributed by atoms with Crippen LogP contribution in [0.4, 0.5) is 0 Å². The molecule has 2 rings (SSSR count). The number of nitrogens with zero attached hydrogens (tertiary/aromatic N) is 1. The van der Waals surface area contributed by atoms with E-state index >= 15 is 0 Å². The highest BCUT2D eigenvalue weighted by molar-refractivity contribution is 5.90. The van der Waals surface area contributed by atoms with Crippen LogP contribution in [0.1, 0.15) is 46.5 Å². The fraction of sp³-hybridized carbons (Fsp3) is 0.857. The average molecular weight is 235 g/mol. The first-order valence-corrected chi connectivity index (χ1v) is 6.53. The van der Waals surface area contributed by atoms with Crippen molar-refractivity contribution < 1.29 is 9.53 Å². The number of Topliss-reactive ketones (excluding diaryl/α,β-unsaturated/α-hetero) is 1. The second-order valence-corrected chi connectivity index (χ2v) is 6.04. The fourth-order valence-corrected chi connectivity index (χ4v) is 3.80. The van der Waals surface area contributed by atoms with Gasteiger partial charge in [-0.25, -0.2) is 0 Å². The summed E-state index contributed by atoms with van der Waals surface area (Å²) in [6.45, 7) is 6.79. The van der Waals surface area contributed by atoms with Crippen LogP contribution in [0.5, 0.6) is 0 Å². The predicted octanol–water partition coefficient (Wildman–Crippen LogP) is 2.70. The number of ketones is 1. The zero-order chi connectivity index (χ0) is 12.7. The predicted molar refractivity (Wildman–Crippen MR) is 64.2 cm³/mol. The number of ether oxygens (including phenoxy) is 1. The minimum Gasteiger partial charge on any atom is -0.377 e. The van der Waals surface area contributed by atoms with Gasteiger partial charge in [0.2, 0.25) is 0 Å². The summed E-state index contributed by atoms with van der Waals surface area (Å²) in [4.78, 5) is 12.3. The topological polar surface area (TPSA) is 50.1 Å². The maximum Gasteiger partial charge on any atom is 0.158 e. The van der Waals surface area contributed by atoms with Crippen molar-refractivity contribution in [1.29, 1.82) is 5.26 Å². The first-order chi connectivity index (χ1) is 7.98. The number of hydrogen-bond donors (Lipinski definition) is 0. The quantitative estimate of drug-likeness (QED) is 0.702. The molecule has 1 heterocycles. The van der Waals surface area contributed by atoms with Crippen molar-refractivity contribution in [3.63, 3.8) is 0 Å². The lowest BCUT2D eigenvalue weighted by Crippen LogP contribution is -2.58. The van der Waals surface area contributed by atoms with E-state index in [-0.39, 0.29) is 17.3 Å². The van der Waals surface area contributed by atoms with Gasteiger partial charge in [0.15, 0.2) is 5.78 Å². The van der Waals surface area contributed by atoms with Gasteiger partial charge in [-0.05, 0) is 31.1 Å². The molecule has 1 aliphatic carbocycles. The molecule has 94 valence electrons. The molecule has 2 aliphatic rings. The van der Waals surface area contributed by atoms with Crippen LogP contribution in [0, 0.1) is 28.1 Å². The van der Waals surface area contributed by atoms with Gasteiger partial charge in [-0.1, -0.05) is 20.8 Å². The Labute approximate surface area is 103 Å². The summed E-state index contributed by atoms with van der Waals surface area (Å²) in [7, 11) is 0. The summed E-state index contributed by atoms with van der Waals surface area (Å²) in [6.07, 6.45) is 3.81. The van der Waals surface area contributed by atoms with Crippen molar-refractivity contribution in [2.75, 3.05) is 6.61 Å². The van der Waals surface area contributed by atoms with Crippen LogP contribution in [-0.2, 0) is 9.53 Å². The molecule has 3 nitrogen and oxygen atoms in total. The molecule has 0 spiro atoms. The third-order valence-corrected chi connectivity index (χ3v) is 4.74. The lowest BCUT2D eigenvalue weighted by Gasteiger charge is -2.54. The van der Waals surface area contributed by atoms with Crippen LogP contribution in [0.3, 0.4) is 0 Å². The number of nitriles is 1. The Hall–Kier alpha value is -0.880. The SMILES string of the molecule is CCC12CCCO[C@H]1C(C)(C)C(=O)C(C#N)C2. The molecule has 0 radical (unpaired) electrons. The van der Waals surface area contributed by atoms with E-state index in [0.29, 0.717) is 6.42 Å². The lowest BCUT2D eigenvalue weighted by molar-refractivity contribution is -0.183. The largest absolute Gasteiger partial charge is 0.377 e. The van der Waals surface area contributed by atoms with E-state index in [2.05, 4.69) is 13.0 Å².